The maximum Gasteiger partial charge on any atom is 0.230 e. The highest BCUT2D eigenvalue weighted by Gasteiger charge is 2.35. The van der Waals surface area contributed by atoms with E-state index in [0.29, 0.717) is 38.4 Å². The lowest BCUT2D eigenvalue weighted by molar-refractivity contribution is -0.128. The molecule has 1 unspecified atom stereocenters. The van der Waals surface area contributed by atoms with Crippen LogP contribution in [0.5, 0.6) is 0 Å². The SMILES string of the molecule is COC1=C2CCN(C(=O)Cc3ccc(NC(=O)CCCN)cc3)C=C2C(N2CCN(C)CC2)CC1. The standard InChI is InChI=1S/C27H39N5O3/c1-30-14-16-31(17-15-30)24-9-10-25(35-2)22-11-13-32(19-23(22)24)27(34)18-20-5-7-21(8-6-20)29-26(33)4-3-12-28/h5-8,19,24H,3-4,9-18,28H2,1-2H3,(H,29,33). The molecule has 190 valence electrons. The third-order valence-electron chi connectivity index (χ3n) is 7.33. The summed E-state index contributed by atoms with van der Waals surface area (Å²) in [6.45, 7) is 5.43. The van der Waals surface area contributed by atoms with Crippen molar-refractivity contribution in [2.45, 2.75) is 44.6 Å². The van der Waals surface area contributed by atoms with Crippen LogP contribution in [0.1, 0.15) is 37.7 Å². The third-order valence-corrected chi connectivity index (χ3v) is 7.33. The number of fused-ring (bicyclic) bond motifs is 1. The van der Waals surface area contributed by atoms with Crippen LogP contribution in [-0.2, 0) is 20.7 Å². The van der Waals surface area contributed by atoms with Crippen LogP contribution >= 0.6 is 0 Å². The van der Waals surface area contributed by atoms with Crippen LogP contribution < -0.4 is 11.1 Å². The zero-order valence-electron chi connectivity index (χ0n) is 21.1. The minimum atomic E-state index is -0.0408. The number of likely N-dealkylation sites (N-methyl/N-ethyl adjacent to an activating group) is 1. The van der Waals surface area contributed by atoms with Crippen molar-refractivity contribution in [3.63, 3.8) is 0 Å². The number of anilines is 1. The number of benzene rings is 1. The second-order valence-electron chi connectivity index (χ2n) is 9.74. The number of ether oxygens (including phenoxy) is 1. The van der Waals surface area contributed by atoms with E-state index in [9.17, 15) is 9.59 Å². The van der Waals surface area contributed by atoms with Gasteiger partial charge in [0.15, 0.2) is 0 Å². The molecule has 2 heterocycles. The number of methoxy groups -OCH3 is 1. The molecule has 0 saturated carbocycles. The van der Waals surface area contributed by atoms with E-state index in [1.165, 1.54) is 11.1 Å². The first-order valence-corrected chi connectivity index (χ1v) is 12.8. The Kier molecular flexibility index (Phi) is 8.59. The van der Waals surface area contributed by atoms with E-state index < -0.39 is 0 Å². The van der Waals surface area contributed by atoms with Crippen molar-refractivity contribution in [1.29, 1.82) is 0 Å². The Hall–Kier alpha value is -2.68. The van der Waals surface area contributed by atoms with Gasteiger partial charge in [-0.05, 0) is 61.7 Å². The van der Waals surface area contributed by atoms with Gasteiger partial charge in [0.05, 0.1) is 19.3 Å². The van der Waals surface area contributed by atoms with E-state index in [1.807, 2.05) is 29.2 Å². The molecule has 8 nitrogen and oxygen atoms in total. The summed E-state index contributed by atoms with van der Waals surface area (Å²) in [5.41, 5.74) is 9.69. The Balaban J connectivity index is 1.43. The summed E-state index contributed by atoms with van der Waals surface area (Å²) in [6.07, 6.45) is 6.33. The second kappa shape index (κ2) is 11.8. The Labute approximate surface area is 208 Å². The Bertz CT molecular complexity index is 964. The lowest BCUT2D eigenvalue weighted by Crippen LogP contribution is -2.51. The fourth-order valence-corrected chi connectivity index (χ4v) is 5.25. The van der Waals surface area contributed by atoms with Crippen LogP contribution in [0, 0.1) is 0 Å². The van der Waals surface area contributed by atoms with Crippen molar-refractivity contribution in [2.75, 3.05) is 58.7 Å². The van der Waals surface area contributed by atoms with Gasteiger partial charge in [-0.1, -0.05) is 12.1 Å². The quantitative estimate of drug-likeness (QED) is 0.592. The lowest BCUT2D eigenvalue weighted by Gasteiger charge is -2.43. The Morgan fingerprint density at radius 2 is 1.83 bits per heavy atom. The molecule has 2 aliphatic heterocycles. The molecule has 1 atom stereocenters. The summed E-state index contributed by atoms with van der Waals surface area (Å²) >= 11 is 0. The molecule has 2 amide bonds. The topological polar surface area (TPSA) is 91.1 Å². The van der Waals surface area contributed by atoms with Gasteiger partial charge < -0.3 is 25.6 Å². The van der Waals surface area contributed by atoms with Crippen molar-refractivity contribution in [1.82, 2.24) is 14.7 Å². The van der Waals surface area contributed by atoms with Gasteiger partial charge >= 0.3 is 0 Å². The first-order valence-electron chi connectivity index (χ1n) is 12.8. The predicted molar refractivity (Wildman–Crippen MR) is 138 cm³/mol. The highest BCUT2D eigenvalue weighted by atomic mass is 16.5. The molecule has 0 aromatic heterocycles. The van der Waals surface area contributed by atoms with Crippen molar-refractivity contribution in [2.24, 2.45) is 5.73 Å². The molecular weight excluding hydrogens is 442 g/mol. The van der Waals surface area contributed by atoms with Crippen molar-refractivity contribution in [3.05, 3.63) is 52.9 Å². The summed E-state index contributed by atoms with van der Waals surface area (Å²) in [5.74, 6) is 1.14. The molecule has 0 radical (unpaired) electrons. The number of piperazine rings is 1. The molecule has 0 spiro atoms. The van der Waals surface area contributed by atoms with Crippen LogP contribution in [0.4, 0.5) is 5.69 Å². The minimum absolute atomic E-state index is 0.0408. The predicted octanol–water partition coefficient (Wildman–Crippen LogP) is 2.33. The highest BCUT2D eigenvalue weighted by molar-refractivity contribution is 5.90. The monoisotopic (exact) mass is 481 g/mol. The molecule has 1 aromatic carbocycles. The first-order chi connectivity index (χ1) is 17.0. The number of carbonyl (C=O) groups excluding carboxylic acids is 2. The fraction of sp³-hybridized carbons (Fsp3) is 0.556. The van der Waals surface area contributed by atoms with Crippen LogP contribution in [0.2, 0.25) is 0 Å². The van der Waals surface area contributed by atoms with Crippen molar-refractivity contribution < 1.29 is 14.3 Å². The molecule has 4 rings (SSSR count). The number of nitrogens with two attached hydrogens (primary N) is 1. The van der Waals surface area contributed by atoms with E-state index in [-0.39, 0.29) is 11.8 Å². The largest absolute Gasteiger partial charge is 0.501 e. The molecule has 35 heavy (non-hydrogen) atoms. The fourth-order valence-electron chi connectivity index (χ4n) is 5.25. The molecule has 3 aliphatic rings. The molecule has 1 aliphatic carbocycles. The zero-order chi connectivity index (χ0) is 24.8. The molecule has 3 N–H and O–H groups in total. The van der Waals surface area contributed by atoms with Crippen LogP contribution in [0.15, 0.2) is 47.4 Å². The number of amides is 2. The van der Waals surface area contributed by atoms with Crippen molar-refractivity contribution in [3.8, 4) is 0 Å². The number of nitrogens with one attached hydrogen (secondary N) is 1. The summed E-state index contributed by atoms with van der Waals surface area (Å²) < 4.78 is 5.74. The zero-order valence-corrected chi connectivity index (χ0v) is 21.1. The van der Waals surface area contributed by atoms with Gasteiger partial charge in [-0.2, -0.15) is 0 Å². The van der Waals surface area contributed by atoms with Crippen LogP contribution in [0.3, 0.4) is 0 Å². The van der Waals surface area contributed by atoms with E-state index in [2.05, 4.69) is 28.4 Å². The normalized spacial score (nSPS) is 21.4. The molecule has 0 bridgehead atoms. The summed E-state index contributed by atoms with van der Waals surface area (Å²) in [7, 11) is 3.94. The van der Waals surface area contributed by atoms with Gasteiger partial charge in [-0.15, -0.1) is 0 Å². The maximum absolute atomic E-state index is 13.2. The smallest absolute Gasteiger partial charge is 0.230 e. The average Bonchev–Trinajstić information content (AvgIpc) is 2.88. The van der Waals surface area contributed by atoms with Gasteiger partial charge in [0.25, 0.3) is 0 Å². The van der Waals surface area contributed by atoms with E-state index in [1.54, 1.807) is 7.11 Å². The number of rotatable bonds is 8. The second-order valence-corrected chi connectivity index (χ2v) is 9.74. The average molecular weight is 482 g/mol. The number of nitrogens with zero attached hydrogens (tertiary/aromatic N) is 3. The van der Waals surface area contributed by atoms with Crippen LogP contribution in [-0.4, -0.2) is 86.0 Å². The molecule has 8 heteroatoms. The lowest BCUT2D eigenvalue weighted by atomic mass is 9.83. The number of hydrogen-bond acceptors (Lipinski definition) is 6. The summed E-state index contributed by atoms with van der Waals surface area (Å²) in [5, 5.41) is 2.88. The minimum Gasteiger partial charge on any atom is -0.501 e. The molecular formula is C27H39N5O3. The Morgan fingerprint density at radius 1 is 1.09 bits per heavy atom. The Morgan fingerprint density at radius 3 is 2.51 bits per heavy atom. The summed E-state index contributed by atoms with van der Waals surface area (Å²) in [4.78, 5) is 32.0. The number of hydrogen-bond donors (Lipinski definition) is 2. The van der Waals surface area contributed by atoms with E-state index in [4.69, 9.17) is 10.5 Å². The highest BCUT2D eigenvalue weighted by Crippen LogP contribution is 2.38. The van der Waals surface area contributed by atoms with Gasteiger partial charge in [-0.3, -0.25) is 14.5 Å². The number of allylic oxidation sites excluding steroid dienone is 1. The first kappa shape index (κ1) is 25.4. The molecule has 1 aromatic rings. The molecule has 1 fully saturated rings. The van der Waals surface area contributed by atoms with Gasteiger partial charge in [-0.25, -0.2) is 0 Å². The van der Waals surface area contributed by atoms with E-state index in [0.717, 1.165) is 62.5 Å². The van der Waals surface area contributed by atoms with Crippen molar-refractivity contribution >= 4 is 17.5 Å². The van der Waals surface area contributed by atoms with Gasteiger partial charge in [0, 0.05) is 63.5 Å². The van der Waals surface area contributed by atoms with Gasteiger partial charge in [0.2, 0.25) is 11.8 Å². The summed E-state index contributed by atoms with van der Waals surface area (Å²) in [6, 6.07) is 7.88. The van der Waals surface area contributed by atoms with E-state index >= 15 is 0 Å². The van der Waals surface area contributed by atoms with Crippen LogP contribution in [0.25, 0.3) is 0 Å². The maximum atomic E-state index is 13.2. The number of carbonyl (C=O) groups is 2. The molecule has 1 saturated heterocycles. The van der Waals surface area contributed by atoms with Gasteiger partial charge in [0.1, 0.15) is 0 Å². The third kappa shape index (κ3) is 6.31.